The standard InChI is InChI=1S/C23H23N3/c1-16-6-4-5-13-26(16)22-15-17-7-2-3-8-21(17)25-23(22)19-9-10-20-18(14-19)11-12-24-20/h2-3,7-12,14-16,24H,4-6,13H2,1H3. The first-order valence-corrected chi connectivity index (χ1v) is 9.53. The molecule has 1 N–H and O–H groups in total. The van der Waals surface area contributed by atoms with Gasteiger partial charge in [0, 0.05) is 40.6 Å². The molecular formula is C23H23N3. The lowest BCUT2D eigenvalue weighted by atomic mass is 9.99. The van der Waals surface area contributed by atoms with Crippen LogP contribution in [0.3, 0.4) is 0 Å². The molecule has 3 nitrogen and oxygen atoms in total. The summed E-state index contributed by atoms with van der Waals surface area (Å²) in [6.07, 6.45) is 5.83. The number of aromatic nitrogens is 2. The van der Waals surface area contributed by atoms with Gasteiger partial charge in [-0.25, -0.2) is 4.98 Å². The van der Waals surface area contributed by atoms with Gasteiger partial charge in [0.05, 0.1) is 16.9 Å². The number of benzene rings is 2. The maximum atomic E-state index is 5.09. The normalized spacial score (nSPS) is 17.9. The van der Waals surface area contributed by atoms with E-state index in [2.05, 4.69) is 71.4 Å². The molecule has 0 amide bonds. The third kappa shape index (κ3) is 2.55. The molecule has 0 aliphatic carbocycles. The van der Waals surface area contributed by atoms with Gasteiger partial charge in [0.15, 0.2) is 0 Å². The minimum Gasteiger partial charge on any atom is -0.367 e. The molecule has 0 spiro atoms. The van der Waals surface area contributed by atoms with Crippen LogP contribution in [0.5, 0.6) is 0 Å². The van der Waals surface area contributed by atoms with E-state index in [1.165, 1.54) is 46.8 Å². The number of anilines is 1. The fraction of sp³-hybridized carbons (Fsp3) is 0.261. The summed E-state index contributed by atoms with van der Waals surface area (Å²) in [6.45, 7) is 3.45. The van der Waals surface area contributed by atoms with Crippen LogP contribution in [0, 0.1) is 0 Å². The molecule has 1 atom stereocenters. The fourth-order valence-electron chi connectivity index (χ4n) is 4.19. The highest BCUT2D eigenvalue weighted by Crippen LogP contribution is 2.36. The van der Waals surface area contributed by atoms with Gasteiger partial charge in [0.1, 0.15) is 0 Å². The lowest BCUT2D eigenvalue weighted by Crippen LogP contribution is -2.37. The fourth-order valence-corrected chi connectivity index (χ4v) is 4.19. The van der Waals surface area contributed by atoms with E-state index >= 15 is 0 Å². The number of para-hydroxylation sites is 1. The maximum Gasteiger partial charge on any atom is 0.0943 e. The predicted octanol–water partition coefficient (Wildman–Crippen LogP) is 5.76. The van der Waals surface area contributed by atoms with Gasteiger partial charge in [0.2, 0.25) is 0 Å². The molecule has 2 aromatic heterocycles. The molecule has 1 fully saturated rings. The van der Waals surface area contributed by atoms with Crippen LogP contribution in [0.1, 0.15) is 26.2 Å². The molecule has 130 valence electrons. The molecular weight excluding hydrogens is 318 g/mol. The number of fused-ring (bicyclic) bond motifs is 2. The minimum atomic E-state index is 0.557. The Morgan fingerprint density at radius 3 is 2.85 bits per heavy atom. The molecule has 1 unspecified atom stereocenters. The van der Waals surface area contributed by atoms with Gasteiger partial charge in [-0.15, -0.1) is 0 Å². The summed E-state index contributed by atoms with van der Waals surface area (Å²) in [4.78, 5) is 10.9. The molecule has 0 radical (unpaired) electrons. The number of piperidine rings is 1. The molecule has 26 heavy (non-hydrogen) atoms. The molecule has 0 bridgehead atoms. The second-order valence-corrected chi connectivity index (χ2v) is 7.37. The molecule has 1 saturated heterocycles. The zero-order valence-electron chi connectivity index (χ0n) is 15.1. The Morgan fingerprint density at radius 2 is 1.92 bits per heavy atom. The third-order valence-electron chi connectivity index (χ3n) is 5.64. The number of H-pyrrole nitrogens is 1. The van der Waals surface area contributed by atoms with Crippen LogP contribution in [0.4, 0.5) is 5.69 Å². The molecule has 0 saturated carbocycles. The highest BCUT2D eigenvalue weighted by Gasteiger charge is 2.23. The summed E-state index contributed by atoms with van der Waals surface area (Å²) < 4.78 is 0. The summed E-state index contributed by atoms with van der Waals surface area (Å²) in [5.74, 6) is 0. The van der Waals surface area contributed by atoms with Crippen LogP contribution >= 0.6 is 0 Å². The molecule has 1 aliphatic rings. The molecule has 1 aliphatic heterocycles. The van der Waals surface area contributed by atoms with Crippen molar-refractivity contribution in [3.8, 4) is 11.3 Å². The van der Waals surface area contributed by atoms with E-state index in [-0.39, 0.29) is 0 Å². The maximum absolute atomic E-state index is 5.09. The Morgan fingerprint density at radius 1 is 1.00 bits per heavy atom. The van der Waals surface area contributed by atoms with Crippen LogP contribution < -0.4 is 4.90 Å². The number of hydrogen-bond acceptors (Lipinski definition) is 2. The largest absolute Gasteiger partial charge is 0.367 e. The second-order valence-electron chi connectivity index (χ2n) is 7.37. The van der Waals surface area contributed by atoms with Gasteiger partial charge in [0.25, 0.3) is 0 Å². The van der Waals surface area contributed by atoms with Gasteiger partial charge >= 0.3 is 0 Å². The van der Waals surface area contributed by atoms with E-state index in [1.54, 1.807) is 0 Å². The summed E-state index contributed by atoms with van der Waals surface area (Å²) in [5.41, 5.74) is 5.79. The van der Waals surface area contributed by atoms with Crippen molar-refractivity contribution in [1.29, 1.82) is 0 Å². The van der Waals surface area contributed by atoms with Gasteiger partial charge in [-0.05, 0) is 56.5 Å². The number of nitrogens with zero attached hydrogens (tertiary/aromatic N) is 2. The first-order chi connectivity index (χ1) is 12.8. The van der Waals surface area contributed by atoms with Crippen molar-refractivity contribution in [1.82, 2.24) is 9.97 Å². The Kier molecular flexibility index (Phi) is 3.66. The Labute approximate surface area is 153 Å². The van der Waals surface area contributed by atoms with Gasteiger partial charge in [-0.1, -0.05) is 24.3 Å². The summed E-state index contributed by atoms with van der Waals surface area (Å²) >= 11 is 0. The number of hydrogen-bond donors (Lipinski definition) is 1. The summed E-state index contributed by atoms with van der Waals surface area (Å²) in [6, 6.07) is 20.1. The molecule has 5 rings (SSSR count). The summed E-state index contributed by atoms with van der Waals surface area (Å²) in [5, 5.41) is 2.45. The van der Waals surface area contributed by atoms with Crippen molar-refractivity contribution < 1.29 is 0 Å². The number of nitrogens with one attached hydrogen (secondary N) is 1. The zero-order chi connectivity index (χ0) is 17.5. The highest BCUT2D eigenvalue weighted by molar-refractivity contribution is 5.92. The van der Waals surface area contributed by atoms with E-state index in [4.69, 9.17) is 4.98 Å². The van der Waals surface area contributed by atoms with Crippen molar-refractivity contribution in [3.05, 3.63) is 60.8 Å². The number of pyridine rings is 1. The van der Waals surface area contributed by atoms with Crippen molar-refractivity contribution in [3.63, 3.8) is 0 Å². The van der Waals surface area contributed by atoms with Gasteiger partial charge in [-0.3, -0.25) is 0 Å². The van der Waals surface area contributed by atoms with Crippen LogP contribution in [0.15, 0.2) is 60.8 Å². The Hall–Kier alpha value is -2.81. The van der Waals surface area contributed by atoms with Crippen LogP contribution in [0.25, 0.3) is 33.1 Å². The lowest BCUT2D eigenvalue weighted by Gasteiger charge is -2.36. The topological polar surface area (TPSA) is 31.9 Å². The van der Waals surface area contributed by atoms with Crippen LogP contribution in [0.2, 0.25) is 0 Å². The minimum absolute atomic E-state index is 0.557. The SMILES string of the molecule is CC1CCCCN1c1cc2ccccc2nc1-c1ccc2[nH]ccc2c1. The lowest BCUT2D eigenvalue weighted by molar-refractivity contribution is 0.485. The molecule has 3 heterocycles. The molecule has 3 heteroatoms. The van der Waals surface area contributed by atoms with E-state index < -0.39 is 0 Å². The van der Waals surface area contributed by atoms with E-state index in [1.807, 2.05) is 6.20 Å². The third-order valence-corrected chi connectivity index (χ3v) is 5.64. The smallest absolute Gasteiger partial charge is 0.0943 e. The van der Waals surface area contributed by atoms with Gasteiger partial charge in [-0.2, -0.15) is 0 Å². The van der Waals surface area contributed by atoms with E-state index in [0.717, 1.165) is 17.8 Å². The van der Waals surface area contributed by atoms with Crippen molar-refractivity contribution in [2.45, 2.75) is 32.2 Å². The van der Waals surface area contributed by atoms with Crippen LogP contribution in [-0.2, 0) is 0 Å². The zero-order valence-corrected chi connectivity index (χ0v) is 15.1. The van der Waals surface area contributed by atoms with Gasteiger partial charge < -0.3 is 9.88 Å². The molecule has 2 aromatic carbocycles. The van der Waals surface area contributed by atoms with E-state index in [0.29, 0.717) is 6.04 Å². The number of rotatable bonds is 2. The second kappa shape index (κ2) is 6.17. The summed E-state index contributed by atoms with van der Waals surface area (Å²) in [7, 11) is 0. The highest BCUT2D eigenvalue weighted by atomic mass is 15.2. The van der Waals surface area contributed by atoms with E-state index in [9.17, 15) is 0 Å². The Bertz CT molecular complexity index is 1080. The van der Waals surface area contributed by atoms with Crippen molar-refractivity contribution >= 4 is 27.5 Å². The Balaban J connectivity index is 1.74. The first kappa shape index (κ1) is 15.4. The predicted molar refractivity (Wildman–Crippen MR) is 110 cm³/mol. The monoisotopic (exact) mass is 341 g/mol. The van der Waals surface area contributed by atoms with Crippen molar-refractivity contribution in [2.75, 3.05) is 11.4 Å². The quantitative estimate of drug-likeness (QED) is 0.502. The number of aromatic amines is 1. The van der Waals surface area contributed by atoms with Crippen LogP contribution in [-0.4, -0.2) is 22.6 Å². The first-order valence-electron chi connectivity index (χ1n) is 9.53. The molecule has 4 aromatic rings. The average Bonchev–Trinajstić information content (AvgIpc) is 3.15. The average molecular weight is 341 g/mol. The van der Waals surface area contributed by atoms with Crippen molar-refractivity contribution in [2.24, 2.45) is 0 Å².